The summed E-state index contributed by atoms with van der Waals surface area (Å²) >= 11 is 5.17. The van der Waals surface area contributed by atoms with E-state index < -0.39 is 19.9 Å². The molecule has 5 N–H and O–H groups in total. The summed E-state index contributed by atoms with van der Waals surface area (Å²) in [5.41, 5.74) is 13.0. The van der Waals surface area contributed by atoms with Crippen molar-refractivity contribution in [2.45, 2.75) is 19.6 Å². The summed E-state index contributed by atoms with van der Waals surface area (Å²) in [4.78, 5) is 20.1. The van der Waals surface area contributed by atoms with E-state index in [-0.39, 0.29) is 29.0 Å². The number of carbonyl (C=O) groups is 1. The highest BCUT2D eigenvalue weighted by atomic mass is 32.1. The molecular formula is C22H25N6O6PS. The van der Waals surface area contributed by atoms with E-state index in [9.17, 15) is 9.36 Å². The summed E-state index contributed by atoms with van der Waals surface area (Å²) in [5.74, 6) is 0.273. The number of fused-ring (bicyclic) bond motifs is 1. The lowest BCUT2D eigenvalue weighted by atomic mass is 10.1. The van der Waals surface area contributed by atoms with E-state index in [1.54, 1.807) is 41.1 Å². The number of para-hydroxylation sites is 1. The number of aromatic nitrogens is 3. The molecule has 0 spiro atoms. The number of ether oxygens (including phenoxy) is 2. The molecule has 1 aliphatic heterocycles. The van der Waals surface area contributed by atoms with E-state index in [0.717, 1.165) is 0 Å². The van der Waals surface area contributed by atoms with Gasteiger partial charge in [-0.25, -0.2) is 14.5 Å². The standard InChI is InChI=1S/C22H25N6O6PS/c1-13-8-15(11-32-35(30,27-9-17(29)31-2)34-14-6-4-3-5-7-14)33-22(13)28-10-16(20(24)36)18-19(23)25-12-26-21(18)28/h3-7,10-13,22H,8-9H2,1-2H3,(H2,24,36)(H,27,30)(H2,23,25,26)/b15-11+. The van der Waals surface area contributed by atoms with Gasteiger partial charge in [-0.05, 0) is 12.1 Å². The van der Waals surface area contributed by atoms with Gasteiger partial charge in [0.05, 0.1) is 12.5 Å². The molecule has 190 valence electrons. The van der Waals surface area contributed by atoms with Crippen molar-refractivity contribution in [3.8, 4) is 5.75 Å². The van der Waals surface area contributed by atoms with Crippen LogP contribution in [0.25, 0.3) is 11.0 Å². The lowest BCUT2D eigenvalue weighted by Crippen LogP contribution is -2.24. The third-order valence-corrected chi connectivity index (χ3v) is 7.00. The maximum absolute atomic E-state index is 13.4. The molecule has 12 nitrogen and oxygen atoms in total. The second kappa shape index (κ2) is 10.5. The van der Waals surface area contributed by atoms with E-state index in [2.05, 4.69) is 19.8 Å². The van der Waals surface area contributed by atoms with Crippen molar-refractivity contribution in [3.63, 3.8) is 0 Å². The SMILES string of the molecule is COC(=O)CNP(=O)(O/C=C1\CC(C)C(n2cc(C(N)=S)c3c(N)ncnc32)O1)Oc1ccccc1. The predicted molar refractivity (Wildman–Crippen MR) is 136 cm³/mol. The van der Waals surface area contributed by atoms with Crippen molar-refractivity contribution in [1.29, 1.82) is 0 Å². The van der Waals surface area contributed by atoms with E-state index in [1.165, 1.54) is 19.7 Å². The summed E-state index contributed by atoms with van der Waals surface area (Å²) in [7, 11) is -2.79. The molecule has 2 aromatic heterocycles. The van der Waals surface area contributed by atoms with Gasteiger partial charge in [0.15, 0.2) is 6.23 Å². The average molecular weight is 533 g/mol. The van der Waals surface area contributed by atoms with Gasteiger partial charge in [0.1, 0.15) is 47.1 Å². The Balaban J connectivity index is 1.58. The molecular weight excluding hydrogens is 507 g/mol. The molecule has 0 saturated carbocycles. The van der Waals surface area contributed by atoms with Gasteiger partial charge < -0.3 is 30.0 Å². The Morgan fingerprint density at radius 3 is 2.81 bits per heavy atom. The van der Waals surface area contributed by atoms with Crippen LogP contribution in [0.15, 0.2) is 54.9 Å². The molecule has 3 unspecified atom stereocenters. The van der Waals surface area contributed by atoms with Gasteiger partial charge in [-0.3, -0.25) is 9.36 Å². The lowest BCUT2D eigenvalue weighted by Gasteiger charge is -2.19. The summed E-state index contributed by atoms with van der Waals surface area (Å²) < 4.78 is 36.9. The average Bonchev–Trinajstić information content (AvgIpc) is 3.43. The van der Waals surface area contributed by atoms with Gasteiger partial charge in [-0.1, -0.05) is 37.3 Å². The number of nitrogens with two attached hydrogens (primary N) is 2. The molecule has 1 aromatic carbocycles. The van der Waals surface area contributed by atoms with Gasteiger partial charge in [-0.15, -0.1) is 0 Å². The molecule has 1 saturated heterocycles. The zero-order valence-electron chi connectivity index (χ0n) is 19.5. The minimum atomic E-state index is -4.01. The minimum absolute atomic E-state index is 0.0386. The topological polar surface area (TPSA) is 166 Å². The fraction of sp³-hybridized carbons (Fsp3) is 0.273. The van der Waals surface area contributed by atoms with Crippen LogP contribution in [-0.2, 0) is 23.4 Å². The van der Waals surface area contributed by atoms with Crippen molar-refractivity contribution in [3.05, 3.63) is 60.4 Å². The van der Waals surface area contributed by atoms with Gasteiger partial charge in [0, 0.05) is 24.1 Å². The van der Waals surface area contributed by atoms with Gasteiger partial charge in [0.2, 0.25) is 0 Å². The van der Waals surface area contributed by atoms with E-state index in [4.69, 9.17) is 37.5 Å². The Morgan fingerprint density at radius 2 is 2.11 bits per heavy atom. The van der Waals surface area contributed by atoms with Crippen LogP contribution in [0.1, 0.15) is 25.1 Å². The lowest BCUT2D eigenvalue weighted by molar-refractivity contribution is -0.139. The molecule has 14 heteroatoms. The Bertz CT molecular complexity index is 1360. The first-order valence-corrected chi connectivity index (χ1v) is 12.8. The molecule has 0 aliphatic carbocycles. The number of nitrogens with one attached hydrogen (secondary N) is 1. The number of methoxy groups -OCH3 is 1. The van der Waals surface area contributed by atoms with Crippen LogP contribution in [0, 0.1) is 5.92 Å². The van der Waals surface area contributed by atoms with Crippen LogP contribution in [0.5, 0.6) is 5.75 Å². The highest BCUT2D eigenvalue weighted by Crippen LogP contribution is 2.46. The quantitative estimate of drug-likeness (QED) is 0.160. The maximum atomic E-state index is 13.4. The van der Waals surface area contributed by atoms with Crippen LogP contribution >= 0.6 is 20.0 Å². The molecule has 4 rings (SSSR count). The molecule has 3 heterocycles. The van der Waals surface area contributed by atoms with Crippen molar-refractivity contribution in [2.75, 3.05) is 19.4 Å². The third-order valence-electron chi connectivity index (χ3n) is 5.40. The van der Waals surface area contributed by atoms with E-state index >= 15 is 0 Å². The van der Waals surface area contributed by atoms with Crippen LogP contribution in [0.3, 0.4) is 0 Å². The number of allylic oxidation sites excluding steroid dienone is 1. The zero-order chi connectivity index (χ0) is 25.9. The Labute approximate surface area is 212 Å². The fourth-order valence-electron chi connectivity index (χ4n) is 3.71. The number of rotatable bonds is 9. The number of anilines is 1. The van der Waals surface area contributed by atoms with Crippen LogP contribution in [0.4, 0.5) is 5.82 Å². The Morgan fingerprint density at radius 1 is 1.36 bits per heavy atom. The number of hydrogen-bond acceptors (Lipinski definition) is 10. The fourth-order valence-corrected chi connectivity index (χ4v) is 5.02. The molecule has 0 bridgehead atoms. The van der Waals surface area contributed by atoms with Crippen molar-refractivity contribution < 1.29 is 27.9 Å². The summed E-state index contributed by atoms with van der Waals surface area (Å²) in [5, 5.41) is 3.04. The maximum Gasteiger partial charge on any atom is 0.512 e. The smallest absolute Gasteiger partial charge is 0.471 e. The van der Waals surface area contributed by atoms with Crippen molar-refractivity contribution >= 4 is 47.8 Å². The van der Waals surface area contributed by atoms with Crippen LogP contribution in [-0.4, -0.2) is 39.1 Å². The van der Waals surface area contributed by atoms with Gasteiger partial charge >= 0.3 is 13.7 Å². The number of hydrogen-bond donors (Lipinski definition) is 3. The normalized spacial score (nSPS) is 20.0. The molecule has 1 aliphatic rings. The van der Waals surface area contributed by atoms with Gasteiger partial charge in [-0.2, -0.15) is 5.09 Å². The number of nitrogen functional groups attached to an aromatic ring is 1. The first-order valence-electron chi connectivity index (χ1n) is 10.8. The Kier molecular flexibility index (Phi) is 7.43. The van der Waals surface area contributed by atoms with Crippen LogP contribution in [0.2, 0.25) is 0 Å². The van der Waals surface area contributed by atoms with Crippen molar-refractivity contribution in [2.24, 2.45) is 11.7 Å². The second-order valence-corrected chi connectivity index (χ2v) is 10.1. The predicted octanol–water partition coefficient (Wildman–Crippen LogP) is 3.01. The third kappa shape index (κ3) is 5.43. The minimum Gasteiger partial charge on any atom is -0.471 e. The van der Waals surface area contributed by atoms with Gasteiger partial charge in [0.25, 0.3) is 0 Å². The summed E-state index contributed by atoms with van der Waals surface area (Å²) in [6.45, 7) is 1.58. The molecule has 0 radical (unpaired) electrons. The highest BCUT2D eigenvalue weighted by molar-refractivity contribution is 7.80. The van der Waals surface area contributed by atoms with Crippen LogP contribution < -0.4 is 21.1 Å². The number of esters is 1. The molecule has 3 aromatic rings. The highest BCUT2D eigenvalue weighted by Gasteiger charge is 2.35. The largest absolute Gasteiger partial charge is 0.512 e. The van der Waals surface area contributed by atoms with E-state index in [0.29, 0.717) is 28.8 Å². The monoisotopic (exact) mass is 532 g/mol. The molecule has 3 atom stereocenters. The zero-order valence-corrected chi connectivity index (χ0v) is 21.2. The number of benzene rings is 1. The first kappa shape index (κ1) is 25.4. The molecule has 0 amide bonds. The number of carbonyl (C=O) groups excluding carboxylic acids is 1. The second-order valence-electron chi connectivity index (χ2n) is 7.96. The molecule has 36 heavy (non-hydrogen) atoms. The molecule has 1 fully saturated rings. The Hall–Kier alpha value is -3.67. The number of thiocarbonyl (C=S) groups is 1. The van der Waals surface area contributed by atoms with Crippen molar-refractivity contribution in [1.82, 2.24) is 19.6 Å². The first-order chi connectivity index (χ1) is 17.2. The van der Waals surface area contributed by atoms with E-state index in [1.807, 2.05) is 6.92 Å². The number of nitrogens with zero attached hydrogens (tertiary/aromatic N) is 3. The summed E-state index contributed by atoms with van der Waals surface area (Å²) in [6, 6.07) is 8.42. The summed E-state index contributed by atoms with van der Waals surface area (Å²) in [6.07, 6.45) is 4.24.